The molecular weight excluding hydrogens is 372 g/mol. The fourth-order valence-electron chi connectivity index (χ4n) is 6.02. The molecule has 2 unspecified atom stereocenters. The predicted molar refractivity (Wildman–Crippen MR) is 124 cm³/mol. The van der Waals surface area contributed by atoms with Gasteiger partial charge in [0, 0.05) is 11.1 Å². The van der Waals surface area contributed by atoms with Crippen molar-refractivity contribution < 1.29 is 14.3 Å². The van der Waals surface area contributed by atoms with Crippen molar-refractivity contribution in [2.45, 2.75) is 99.3 Å². The lowest BCUT2D eigenvalue weighted by Crippen LogP contribution is -2.28. The topological polar surface area (TPSA) is 43.4 Å². The minimum Gasteiger partial charge on any atom is -0.386 e. The molecule has 170 valence electrons. The summed E-state index contributed by atoms with van der Waals surface area (Å²) in [5.41, 5.74) is 1.47. The van der Waals surface area contributed by atoms with Gasteiger partial charge in [0.2, 0.25) is 0 Å². The van der Waals surface area contributed by atoms with Gasteiger partial charge in [-0.05, 0) is 92.3 Å². The first-order valence-corrected chi connectivity index (χ1v) is 11.9. The first-order chi connectivity index (χ1) is 13.8. The third-order valence-electron chi connectivity index (χ3n) is 7.38. The van der Waals surface area contributed by atoms with Gasteiger partial charge >= 0.3 is 11.9 Å². The summed E-state index contributed by atoms with van der Waals surface area (Å²) in [5.74, 6) is 1.14. The number of carbonyl (C=O) groups is 2. The van der Waals surface area contributed by atoms with Crippen molar-refractivity contribution in [3.05, 3.63) is 24.3 Å². The fraction of sp³-hybridized carbons (Fsp3) is 0.778. The molecule has 2 aliphatic rings. The summed E-state index contributed by atoms with van der Waals surface area (Å²) in [6, 6.07) is 0. The molecule has 0 aromatic rings. The number of hydrogen-bond acceptors (Lipinski definition) is 3. The van der Waals surface area contributed by atoms with Gasteiger partial charge in [-0.3, -0.25) is 0 Å². The van der Waals surface area contributed by atoms with Gasteiger partial charge in [0.1, 0.15) is 0 Å². The molecule has 2 aliphatic carbocycles. The molecular formula is C27H44O3. The van der Waals surface area contributed by atoms with Gasteiger partial charge in [-0.2, -0.15) is 0 Å². The van der Waals surface area contributed by atoms with E-state index in [4.69, 9.17) is 4.74 Å². The molecule has 0 N–H and O–H groups in total. The molecule has 2 fully saturated rings. The molecule has 0 heterocycles. The Bertz CT molecular complexity index is 656. The van der Waals surface area contributed by atoms with Gasteiger partial charge in [-0.25, -0.2) is 9.59 Å². The van der Waals surface area contributed by atoms with E-state index in [0.29, 0.717) is 52.6 Å². The lowest BCUT2D eigenvalue weighted by atomic mass is 9.67. The van der Waals surface area contributed by atoms with Crippen LogP contribution in [0.5, 0.6) is 0 Å². The predicted octanol–water partition coefficient (Wildman–Crippen LogP) is 7.26. The SMILES string of the molecule is C=C(CC1CCC(C(C)(C)C)CC1)C(=O)OC(=O)C(=C)CC1CC(C)CC(C)(C)C1. The van der Waals surface area contributed by atoms with Gasteiger partial charge in [0.25, 0.3) is 0 Å². The number of esters is 2. The Morgan fingerprint density at radius 1 is 0.900 bits per heavy atom. The number of hydrogen-bond donors (Lipinski definition) is 0. The van der Waals surface area contributed by atoms with Crippen LogP contribution in [0, 0.1) is 34.5 Å². The van der Waals surface area contributed by atoms with Crippen molar-refractivity contribution in [3.8, 4) is 0 Å². The van der Waals surface area contributed by atoms with Crippen LogP contribution in [-0.4, -0.2) is 11.9 Å². The highest BCUT2D eigenvalue weighted by atomic mass is 16.6. The van der Waals surface area contributed by atoms with Crippen molar-refractivity contribution in [1.29, 1.82) is 0 Å². The molecule has 2 rings (SSSR count). The van der Waals surface area contributed by atoms with Gasteiger partial charge in [0.05, 0.1) is 0 Å². The minimum absolute atomic E-state index is 0.294. The van der Waals surface area contributed by atoms with E-state index < -0.39 is 11.9 Å². The average Bonchev–Trinajstić information content (AvgIpc) is 2.59. The zero-order chi connectivity index (χ0) is 22.7. The molecule has 2 saturated carbocycles. The molecule has 0 aliphatic heterocycles. The zero-order valence-electron chi connectivity index (χ0n) is 20.3. The Kier molecular flexibility index (Phi) is 8.15. The number of carbonyl (C=O) groups excluding carboxylic acids is 2. The summed E-state index contributed by atoms with van der Waals surface area (Å²) in [7, 11) is 0. The fourth-order valence-corrected chi connectivity index (χ4v) is 6.02. The van der Waals surface area contributed by atoms with Crippen LogP contribution in [0.25, 0.3) is 0 Å². The summed E-state index contributed by atoms with van der Waals surface area (Å²) in [4.78, 5) is 24.9. The van der Waals surface area contributed by atoms with Crippen LogP contribution in [0.2, 0.25) is 0 Å². The standard InChI is InChI=1S/C27H44O3/c1-18-13-22(17-27(7,8)16-18)15-20(3)25(29)30-24(28)19(2)14-21-9-11-23(12-10-21)26(4,5)6/h18,21-23H,2-3,9-17H2,1,4-8H3. The van der Waals surface area contributed by atoms with Crippen LogP contribution in [-0.2, 0) is 14.3 Å². The van der Waals surface area contributed by atoms with E-state index in [1.807, 2.05) is 0 Å². The maximum absolute atomic E-state index is 12.4. The summed E-state index contributed by atoms with van der Waals surface area (Å²) < 4.78 is 5.13. The van der Waals surface area contributed by atoms with Crippen LogP contribution in [0.15, 0.2) is 24.3 Å². The lowest BCUT2D eigenvalue weighted by molar-refractivity contribution is -0.154. The quantitative estimate of drug-likeness (QED) is 0.260. The van der Waals surface area contributed by atoms with Crippen molar-refractivity contribution in [3.63, 3.8) is 0 Å². The Morgan fingerprint density at radius 3 is 1.87 bits per heavy atom. The number of ether oxygens (including phenoxy) is 1. The van der Waals surface area contributed by atoms with Crippen molar-refractivity contribution in [2.75, 3.05) is 0 Å². The highest BCUT2D eigenvalue weighted by Gasteiger charge is 2.34. The van der Waals surface area contributed by atoms with Crippen molar-refractivity contribution >= 4 is 11.9 Å². The second kappa shape index (κ2) is 9.83. The van der Waals surface area contributed by atoms with Gasteiger partial charge in [0.15, 0.2) is 0 Å². The second-order valence-electron chi connectivity index (χ2n) is 12.2. The second-order valence-corrected chi connectivity index (χ2v) is 12.2. The van der Waals surface area contributed by atoms with Crippen molar-refractivity contribution in [2.24, 2.45) is 34.5 Å². The van der Waals surface area contributed by atoms with E-state index in [1.165, 1.54) is 19.3 Å². The maximum atomic E-state index is 12.4. The molecule has 2 atom stereocenters. The summed E-state index contributed by atoms with van der Waals surface area (Å²) in [5, 5.41) is 0. The van der Waals surface area contributed by atoms with E-state index in [9.17, 15) is 9.59 Å². The van der Waals surface area contributed by atoms with E-state index in [2.05, 4.69) is 54.7 Å². The lowest BCUT2D eigenvalue weighted by Gasteiger charge is -2.39. The van der Waals surface area contributed by atoms with E-state index in [-0.39, 0.29) is 0 Å². The summed E-state index contributed by atoms with van der Waals surface area (Å²) in [6.45, 7) is 21.6. The van der Waals surface area contributed by atoms with E-state index in [0.717, 1.165) is 31.6 Å². The normalized spacial score (nSPS) is 29.1. The summed E-state index contributed by atoms with van der Waals surface area (Å²) >= 11 is 0. The van der Waals surface area contributed by atoms with Crippen LogP contribution in [0.3, 0.4) is 0 Å². The number of rotatable bonds is 6. The molecule has 0 aromatic heterocycles. The zero-order valence-corrected chi connectivity index (χ0v) is 20.3. The van der Waals surface area contributed by atoms with Crippen molar-refractivity contribution in [1.82, 2.24) is 0 Å². The molecule has 0 amide bonds. The Hall–Kier alpha value is -1.38. The Morgan fingerprint density at radius 2 is 1.40 bits per heavy atom. The van der Waals surface area contributed by atoms with Crippen LogP contribution in [0.4, 0.5) is 0 Å². The van der Waals surface area contributed by atoms with Crippen LogP contribution in [0.1, 0.15) is 99.3 Å². The van der Waals surface area contributed by atoms with Gasteiger partial charge in [-0.15, -0.1) is 0 Å². The molecule has 0 bridgehead atoms. The molecule has 30 heavy (non-hydrogen) atoms. The van der Waals surface area contributed by atoms with Gasteiger partial charge < -0.3 is 4.74 Å². The molecule has 3 heteroatoms. The Balaban J connectivity index is 1.77. The third kappa shape index (κ3) is 7.39. The van der Waals surface area contributed by atoms with E-state index in [1.54, 1.807) is 0 Å². The summed E-state index contributed by atoms with van der Waals surface area (Å²) in [6.07, 6.45) is 9.28. The molecule has 0 aromatic carbocycles. The monoisotopic (exact) mass is 416 g/mol. The molecule has 3 nitrogen and oxygen atoms in total. The average molecular weight is 417 g/mol. The first kappa shape index (κ1) is 24.9. The molecule has 0 radical (unpaired) electrons. The van der Waals surface area contributed by atoms with Gasteiger partial charge in [-0.1, -0.05) is 54.7 Å². The molecule has 0 saturated heterocycles. The highest BCUT2D eigenvalue weighted by molar-refractivity contribution is 6.01. The van der Waals surface area contributed by atoms with Crippen LogP contribution < -0.4 is 0 Å². The minimum atomic E-state index is -0.575. The largest absolute Gasteiger partial charge is 0.386 e. The smallest absolute Gasteiger partial charge is 0.341 e. The van der Waals surface area contributed by atoms with E-state index >= 15 is 0 Å². The highest BCUT2D eigenvalue weighted by Crippen LogP contribution is 2.44. The third-order valence-corrected chi connectivity index (χ3v) is 7.38. The maximum Gasteiger partial charge on any atom is 0.341 e. The molecule has 0 spiro atoms. The first-order valence-electron chi connectivity index (χ1n) is 11.9. The van der Waals surface area contributed by atoms with Crippen LogP contribution >= 0.6 is 0 Å². The Labute approximate surface area is 184 Å².